The van der Waals surface area contributed by atoms with Gasteiger partial charge in [-0.2, -0.15) is 5.26 Å². The van der Waals surface area contributed by atoms with Crippen molar-refractivity contribution in [2.45, 2.75) is 69.4 Å². The molecule has 1 aliphatic carbocycles. The van der Waals surface area contributed by atoms with Crippen LogP contribution in [0.25, 0.3) is 0 Å². The largest absolute Gasteiger partial charge is 0.316 e. The number of anilines is 1. The minimum Gasteiger partial charge on any atom is -0.316 e. The van der Waals surface area contributed by atoms with Gasteiger partial charge in [0.15, 0.2) is 0 Å². The van der Waals surface area contributed by atoms with Crippen molar-refractivity contribution in [3.8, 4) is 6.07 Å². The van der Waals surface area contributed by atoms with Crippen LogP contribution in [0.3, 0.4) is 0 Å². The number of nitrogens with one attached hydrogen (secondary N) is 2. The lowest BCUT2D eigenvalue weighted by molar-refractivity contribution is -0.113. The molecular weight excluding hydrogens is 398 g/mol. The Morgan fingerprint density at radius 2 is 2.03 bits per heavy atom. The van der Waals surface area contributed by atoms with Crippen molar-refractivity contribution in [2.75, 3.05) is 11.1 Å². The first kappa shape index (κ1) is 20.5. The monoisotopic (exact) mass is 425 g/mol. The van der Waals surface area contributed by atoms with Crippen LogP contribution in [0, 0.1) is 11.3 Å². The Bertz CT molecular complexity index is 1010. The van der Waals surface area contributed by atoms with E-state index in [4.69, 9.17) is 0 Å². The van der Waals surface area contributed by atoms with E-state index in [1.54, 1.807) is 11.8 Å². The highest BCUT2D eigenvalue weighted by molar-refractivity contribution is 8.00. The molecule has 6 heteroatoms. The first-order valence-corrected chi connectivity index (χ1v) is 11.9. The molecule has 1 amide bonds. The van der Waals surface area contributed by atoms with Crippen molar-refractivity contribution in [1.82, 2.24) is 5.32 Å². The van der Waals surface area contributed by atoms with E-state index in [0.717, 1.165) is 28.2 Å². The smallest absolute Gasteiger partial charge is 0.235 e. The maximum Gasteiger partial charge on any atom is 0.235 e. The number of aryl methyl sites for hydroxylation is 2. The third-order valence-corrected chi connectivity index (χ3v) is 8.11. The quantitative estimate of drug-likeness (QED) is 0.677. The van der Waals surface area contributed by atoms with Crippen LogP contribution >= 0.6 is 23.1 Å². The molecule has 0 atom stereocenters. The molecule has 4 nitrogen and oxygen atoms in total. The Labute approximate surface area is 181 Å². The molecule has 1 aromatic carbocycles. The maximum atomic E-state index is 12.6. The molecule has 0 spiro atoms. The number of carbonyl (C=O) groups excluding carboxylic acids is 1. The summed E-state index contributed by atoms with van der Waals surface area (Å²) >= 11 is 3.09. The molecule has 2 N–H and O–H groups in total. The van der Waals surface area contributed by atoms with E-state index in [1.165, 1.54) is 35.3 Å². The first-order chi connectivity index (χ1) is 13.7. The molecule has 0 bridgehead atoms. The SMILES string of the molecule is CC1(C)Cc2c(sc(NC(=O)CSc3ccc4c(c3)CCC4)c2C#N)C(C)(C)N1. The summed E-state index contributed by atoms with van der Waals surface area (Å²) < 4.78 is 0. The fraction of sp³-hybridized carbons (Fsp3) is 0.478. The number of hydrogen-bond acceptors (Lipinski definition) is 5. The number of hydrogen-bond donors (Lipinski definition) is 2. The molecular formula is C23H27N3OS2. The molecule has 29 heavy (non-hydrogen) atoms. The van der Waals surface area contributed by atoms with E-state index in [2.05, 4.69) is 62.6 Å². The highest BCUT2D eigenvalue weighted by atomic mass is 32.2. The van der Waals surface area contributed by atoms with Crippen molar-refractivity contribution in [2.24, 2.45) is 0 Å². The number of nitriles is 1. The number of carbonyl (C=O) groups is 1. The van der Waals surface area contributed by atoms with Crippen molar-refractivity contribution >= 4 is 34.0 Å². The topological polar surface area (TPSA) is 64.9 Å². The molecule has 2 heterocycles. The second-order valence-electron chi connectivity index (χ2n) is 9.16. The van der Waals surface area contributed by atoms with Crippen LogP contribution in [0.15, 0.2) is 23.1 Å². The first-order valence-electron chi connectivity index (χ1n) is 10.1. The minimum atomic E-state index is -0.227. The van der Waals surface area contributed by atoms with Crippen LogP contribution in [0.4, 0.5) is 5.00 Å². The van der Waals surface area contributed by atoms with E-state index in [-0.39, 0.29) is 17.0 Å². The van der Waals surface area contributed by atoms with Gasteiger partial charge in [0.2, 0.25) is 5.91 Å². The fourth-order valence-corrected chi connectivity index (χ4v) is 6.69. The highest BCUT2D eigenvalue weighted by Gasteiger charge is 2.40. The summed E-state index contributed by atoms with van der Waals surface area (Å²) in [7, 11) is 0. The van der Waals surface area contributed by atoms with Crippen LogP contribution in [-0.2, 0) is 29.6 Å². The van der Waals surface area contributed by atoms with E-state index < -0.39 is 0 Å². The summed E-state index contributed by atoms with van der Waals surface area (Å²) in [5, 5.41) is 17.2. The number of fused-ring (bicyclic) bond motifs is 2. The Hall–Kier alpha value is -1.81. The van der Waals surface area contributed by atoms with Gasteiger partial charge in [0.05, 0.1) is 11.3 Å². The second-order valence-corrected chi connectivity index (χ2v) is 11.2. The summed E-state index contributed by atoms with van der Waals surface area (Å²) in [4.78, 5) is 14.9. The summed E-state index contributed by atoms with van der Waals surface area (Å²) in [5.41, 5.74) is 4.26. The van der Waals surface area contributed by atoms with Crippen LogP contribution in [0.2, 0.25) is 0 Å². The number of rotatable bonds is 4. The lowest BCUT2D eigenvalue weighted by Gasteiger charge is -2.42. The Morgan fingerprint density at radius 1 is 1.28 bits per heavy atom. The number of amides is 1. The van der Waals surface area contributed by atoms with Gasteiger partial charge in [0.1, 0.15) is 11.1 Å². The molecule has 152 valence electrons. The van der Waals surface area contributed by atoms with Gasteiger partial charge < -0.3 is 10.6 Å². The van der Waals surface area contributed by atoms with Gasteiger partial charge in [0.25, 0.3) is 0 Å². The van der Waals surface area contributed by atoms with Crippen molar-refractivity contribution in [1.29, 1.82) is 5.26 Å². The van der Waals surface area contributed by atoms with Crippen LogP contribution in [-0.4, -0.2) is 17.2 Å². The standard InChI is InChI=1S/C23H27N3OS2/c1-22(2)11-17-18(12-24)21(29-20(17)23(3,4)26-22)25-19(27)13-28-16-9-8-14-6-5-7-15(14)10-16/h8-10,26H,5-7,11,13H2,1-4H3,(H,25,27). The number of thioether (sulfide) groups is 1. The van der Waals surface area contributed by atoms with E-state index in [1.807, 2.05) is 0 Å². The van der Waals surface area contributed by atoms with Gasteiger partial charge in [0, 0.05) is 20.9 Å². The molecule has 0 unspecified atom stereocenters. The average molecular weight is 426 g/mol. The minimum absolute atomic E-state index is 0.0596. The lowest BCUT2D eigenvalue weighted by Crippen LogP contribution is -2.54. The van der Waals surface area contributed by atoms with Gasteiger partial charge in [-0.3, -0.25) is 4.79 Å². The zero-order valence-corrected chi connectivity index (χ0v) is 19.1. The zero-order chi connectivity index (χ0) is 20.8. The Balaban J connectivity index is 1.49. The summed E-state index contributed by atoms with van der Waals surface area (Å²) in [5.74, 6) is 0.287. The molecule has 1 aromatic heterocycles. The van der Waals surface area contributed by atoms with Crippen molar-refractivity contribution < 1.29 is 4.79 Å². The second kappa shape index (κ2) is 7.46. The van der Waals surface area contributed by atoms with Gasteiger partial charge in [-0.15, -0.1) is 23.1 Å². The third-order valence-electron chi connectivity index (χ3n) is 5.65. The molecule has 2 aromatic rings. The van der Waals surface area contributed by atoms with Gasteiger partial charge >= 0.3 is 0 Å². The zero-order valence-electron chi connectivity index (χ0n) is 17.4. The molecule has 0 saturated carbocycles. The van der Waals surface area contributed by atoms with Crippen LogP contribution in [0.5, 0.6) is 0 Å². The van der Waals surface area contributed by atoms with Crippen LogP contribution in [0.1, 0.15) is 61.2 Å². The molecule has 0 radical (unpaired) electrons. The average Bonchev–Trinajstić information content (AvgIpc) is 3.22. The van der Waals surface area contributed by atoms with E-state index in [9.17, 15) is 10.1 Å². The summed E-state index contributed by atoms with van der Waals surface area (Å²) in [6, 6.07) is 8.88. The van der Waals surface area contributed by atoms with Gasteiger partial charge in [-0.05, 0) is 82.2 Å². The summed E-state index contributed by atoms with van der Waals surface area (Å²) in [6.45, 7) is 8.59. The number of nitrogens with zero attached hydrogens (tertiary/aromatic N) is 1. The van der Waals surface area contributed by atoms with E-state index in [0.29, 0.717) is 16.3 Å². The molecule has 2 aliphatic rings. The van der Waals surface area contributed by atoms with Gasteiger partial charge in [-0.25, -0.2) is 0 Å². The van der Waals surface area contributed by atoms with Crippen molar-refractivity contribution in [3.63, 3.8) is 0 Å². The molecule has 4 rings (SSSR count). The normalized spacial score (nSPS) is 18.6. The Morgan fingerprint density at radius 3 is 2.79 bits per heavy atom. The molecule has 0 saturated heterocycles. The van der Waals surface area contributed by atoms with Crippen molar-refractivity contribution in [3.05, 3.63) is 45.3 Å². The summed E-state index contributed by atoms with van der Waals surface area (Å²) in [6.07, 6.45) is 4.32. The predicted molar refractivity (Wildman–Crippen MR) is 121 cm³/mol. The lowest BCUT2D eigenvalue weighted by atomic mass is 9.81. The maximum absolute atomic E-state index is 12.6. The molecule has 0 fully saturated rings. The Kier molecular flexibility index (Phi) is 5.27. The third kappa shape index (κ3) is 4.09. The predicted octanol–water partition coefficient (Wildman–Crippen LogP) is 5.00. The van der Waals surface area contributed by atoms with Gasteiger partial charge in [-0.1, -0.05) is 6.07 Å². The highest BCUT2D eigenvalue weighted by Crippen LogP contribution is 2.44. The van der Waals surface area contributed by atoms with Crippen LogP contribution < -0.4 is 10.6 Å². The fourth-order valence-electron chi connectivity index (χ4n) is 4.68. The number of benzene rings is 1. The van der Waals surface area contributed by atoms with E-state index >= 15 is 0 Å². The number of thiophene rings is 1. The molecule has 1 aliphatic heterocycles.